The topological polar surface area (TPSA) is 48.1 Å². The van der Waals surface area contributed by atoms with Crippen LogP contribution in [-0.2, 0) is 11.3 Å². The molecule has 1 saturated heterocycles. The van der Waals surface area contributed by atoms with Gasteiger partial charge in [-0.3, -0.25) is 9.69 Å². The van der Waals surface area contributed by atoms with E-state index in [-0.39, 0.29) is 11.9 Å². The number of hydrogen-bond acceptors (Lipinski definition) is 2. The van der Waals surface area contributed by atoms with Crippen molar-refractivity contribution >= 4 is 16.8 Å². The van der Waals surface area contributed by atoms with Crippen molar-refractivity contribution in [1.29, 1.82) is 0 Å². The Bertz CT molecular complexity index is 894. The van der Waals surface area contributed by atoms with Crippen LogP contribution in [0.4, 0.5) is 0 Å². The zero-order chi connectivity index (χ0) is 18.6. The highest BCUT2D eigenvalue weighted by Crippen LogP contribution is 2.33. The van der Waals surface area contributed by atoms with Gasteiger partial charge in [0.2, 0.25) is 5.91 Å². The van der Waals surface area contributed by atoms with Crippen LogP contribution in [0, 0.1) is 0 Å². The number of para-hydroxylation sites is 1. The maximum Gasteiger partial charge on any atom is 0.237 e. The standard InChI is InChI=1S/C23H27N3O/c1-17(23(27)25-15-18-7-3-2-4-8-18)26-13-11-19(12-14-26)21-16-24-22-10-6-5-9-20(21)22/h2-10,16-17,19,24H,11-15H2,1H3,(H,25,27)/t17-/m0/s1. The second kappa shape index (κ2) is 7.97. The number of aromatic amines is 1. The minimum atomic E-state index is -0.0855. The molecule has 2 aromatic carbocycles. The highest BCUT2D eigenvalue weighted by molar-refractivity contribution is 5.83. The number of benzene rings is 2. The average Bonchev–Trinajstić information content (AvgIpc) is 3.16. The maximum atomic E-state index is 12.5. The van der Waals surface area contributed by atoms with Crippen molar-refractivity contribution in [3.8, 4) is 0 Å². The molecule has 0 radical (unpaired) electrons. The Kier molecular flexibility index (Phi) is 5.26. The number of aromatic nitrogens is 1. The molecular formula is C23H27N3O. The smallest absolute Gasteiger partial charge is 0.237 e. The predicted octanol–water partition coefficient (Wildman–Crippen LogP) is 4.05. The van der Waals surface area contributed by atoms with Gasteiger partial charge in [-0.15, -0.1) is 0 Å². The van der Waals surface area contributed by atoms with E-state index in [1.807, 2.05) is 37.3 Å². The van der Waals surface area contributed by atoms with E-state index < -0.39 is 0 Å². The van der Waals surface area contributed by atoms with E-state index in [9.17, 15) is 4.79 Å². The van der Waals surface area contributed by atoms with E-state index in [0.29, 0.717) is 12.5 Å². The summed E-state index contributed by atoms with van der Waals surface area (Å²) in [6, 6.07) is 18.5. The normalized spacial score (nSPS) is 17.1. The lowest BCUT2D eigenvalue weighted by Crippen LogP contribution is -2.47. The number of amides is 1. The third-order valence-electron chi connectivity index (χ3n) is 5.83. The molecule has 0 aliphatic carbocycles. The molecule has 0 unspecified atom stereocenters. The van der Waals surface area contributed by atoms with E-state index in [2.05, 4.69) is 45.7 Å². The summed E-state index contributed by atoms with van der Waals surface area (Å²) in [5.41, 5.74) is 3.77. The first-order valence-corrected chi connectivity index (χ1v) is 9.84. The molecule has 1 aliphatic rings. The van der Waals surface area contributed by atoms with Gasteiger partial charge in [-0.2, -0.15) is 0 Å². The van der Waals surface area contributed by atoms with Gasteiger partial charge in [-0.1, -0.05) is 48.5 Å². The van der Waals surface area contributed by atoms with Crippen LogP contribution in [-0.4, -0.2) is 34.9 Å². The van der Waals surface area contributed by atoms with Crippen LogP contribution in [0.5, 0.6) is 0 Å². The number of piperidine rings is 1. The van der Waals surface area contributed by atoms with Gasteiger partial charge in [-0.05, 0) is 56.0 Å². The molecule has 0 bridgehead atoms. The second-order valence-electron chi connectivity index (χ2n) is 7.48. The van der Waals surface area contributed by atoms with E-state index in [1.165, 1.54) is 16.5 Å². The number of nitrogens with zero attached hydrogens (tertiary/aromatic N) is 1. The monoisotopic (exact) mass is 361 g/mol. The zero-order valence-electron chi connectivity index (χ0n) is 15.8. The minimum Gasteiger partial charge on any atom is -0.361 e. The van der Waals surface area contributed by atoms with Crippen molar-refractivity contribution in [2.45, 2.75) is 38.3 Å². The Balaban J connectivity index is 1.32. The van der Waals surface area contributed by atoms with Gasteiger partial charge in [0.25, 0.3) is 0 Å². The van der Waals surface area contributed by atoms with E-state index >= 15 is 0 Å². The van der Waals surface area contributed by atoms with Crippen LogP contribution in [0.15, 0.2) is 60.8 Å². The summed E-state index contributed by atoms with van der Waals surface area (Å²) < 4.78 is 0. The summed E-state index contributed by atoms with van der Waals surface area (Å²) in [6.45, 7) is 4.54. The largest absolute Gasteiger partial charge is 0.361 e. The molecule has 140 valence electrons. The number of carbonyl (C=O) groups is 1. The number of carbonyl (C=O) groups excluding carboxylic acids is 1. The summed E-state index contributed by atoms with van der Waals surface area (Å²) in [5, 5.41) is 4.41. The third kappa shape index (κ3) is 3.91. The minimum absolute atomic E-state index is 0.0855. The molecule has 1 aliphatic heterocycles. The molecule has 1 amide bonds. The predicted molar refractivity (Wildman–Crippen MR) is 110 cm³/mol. The zero-order valence-corrected chi connectivity index (χ0v) is 15.8. The molecule has 27 heavy (non-hydrogen) atoms. The van der Waals surface area contributed by atoms with Crippen molar-refractivity contribution < 1.29 is 4.79 Å². The Morgan fingerprint density at radius 1 is 1.11 bits per heavy atom. The lowest BCUT2D eigenvalue weighted by molar-refractivity contribution is -0.126. The molecule has 0 spiro atoms. The number of fused-ring (bicyclic) bond motifs is 1. The lowest BCUT2D eigenvalue weighted by atomic mass is 9.88. The maximum absolute atomic E-state index is 12.5. The summed E-state index contributed by atoms with van der Waals surface area (Å²) in [6.07, 6.45) is 4.36. The first-order chi connectivity index (χ1) is 13.2. The van der Waals surface area contributed by atoms with Gasteiger partial charge in [-0.25, -0.2) is 0 Å². The van der Waals surface area contributed by atoms with E-state index in [0.717, 1.165) is 31.5 Å². The Morgan fingerprint density at radius 3 is 2.59 bits per heavy atom. The van der Waals surface area contributed by atoms with Crippen molar-refractivity contribution in [2.75, 3.05) is 13.1 Å². The fourth-order valence-corrected chi connectivity index (χ4v) is 4.13. The molecule has 1 aromatic heterocycles. The van der Waals surface area contributed by atoms with Crippen LogP contribution < -0.4 is 5.32 Å². The van der Waals surface area contributed by atoms with Crippen LogP contribution in [0.25, 0.3) is 10.9 Å². The van der Waals surface area contributed by atoms with Gasteiger partial charge in [0, 0.05) is 23.6 Å². The molecule has 4 nitrogen and oxygen atoms in total. The summed E-state index contributed by atoms with van der Waals surface area (Å²) in [5.74, 6) is 0.682. The number of H-pyrrole nitrogens is 1. The molecule has 1 fully saturated rings. The van der Waals surface area contributed by atoms with Gasteiger partial charge in [0.05, 0.1) is 6.04 Å². The molecule has 2 N–H and O–H groups in total. The van der Waals surface area contributed by atoms with Crippen LogP contribution in [0.3, 0.4) is 0 Å². The summed E-state index contributed by atoms with van der Waals surface area (Å²) in [7, 11) is 0. The highest BCUT2D eigenvalue weighted by atomic mass is 16.2. The molecule has 4 heteroatoms. The number of rotatable bonds is 5. The molecular weight excluding hydrogens is 334 g/mol. The number of likely N-dealkylation sites (tertiary alicyclic amines) is 1. The van der Waals surface area contributed by atoms with Crippen molar-refractivity contribution in [2.24, 2.45) is 0 Å². The number of nitrogens with one attached hydrogen (secondary N) is 2. The van der Waals surface area contributed by atoms with Gasteiger partial charge in [0.15, 0.2) is 0 Å². The molecule has 1 atom stereocenters. The first kappa shape index (κ1) is 17.8. The quantitative estimate of drug-likeness (QED) is 0.720. The van der Waals surface area contributed by atoms with Crippen LogP contribution in [0.1, 0.15) is 36.8 Å². The fraction of sp³-hybridized carbons (Fsp3) is 0.348. The highest BCUT2D eigenvalue weighted by Gasteiger charge is 2.28. The van der Waals surface area contributed by atoms with Crippen molar-refractivity contribution in [3.05, 3.63) is 71.9 Å². The second-order valence-corrected chi connectivity index (χ2v) is 7.48. The molecule has 3 aromatic rings. The fourth-order valence-electron chi connectivity index (χ4n) is 4.13. The molecule has 0 saturated carbocycles. The lowest BCUT2D eigenvalue weighted by Gasteiger charge is -2.35. The summed E-state index contributed by atoms with van der Waals surface area (Å²) in [4.78, 5) is 18.2. The Morgan fingerprint density at radius 2 is 1.81 bits per heavy atom. The van der Waals surface area contributed by atoms with Gasteiger partial charge in [0.1, 0.15) is 0 Å². The van der Waals surface area contributed by atoms with Crippen LogP contribution in [0.2, 0.25) is 0 Å². The average molecular weight is 361 g/mol. The third-order valence-corrected chi connectivity index (χ3v) is 5.83. The van der Waals surface area contributed by atoms with Crippen molar-refractivity contribution in [1.82, 2.24) is 15.2 Å². The van der Waals surface area contributed by atoms with E-state index in [1.54, 1.807) is 0 Å². The Hall–Kier alpha value is -2.59. The molecule has 2 heterocycles. The van der Waals surface area contributed by atoms with Crippen LogP contribution >= 0.6 is 0 Å². The molecule has 4 rings (SSSR count). The van der Waals surface area contributed by atoms with Gasteiger partial charge >= 0.3 is 0 Å². The van der Waals surface area contributed by atoms with Crippen molar-refractivity contribution in [3.63, 3.8) is 0 Å². The Labute approximate surface area is 160 Å². The van der Waals surface area contributed by atoms with Gasteiger partial charge < -0.3 is 10.3 Å². The van der Waals surface area contributed by atoms with E-state index in [4.69, 9.17) is 0 Å². The number of hydrogen-bond donors (Lipinski definition) is 2. The SMILES string of the molecule is C[C@@H](C(=O)NCc1ccccc1)N1CCC(c2c[nH]c3ccccc23)CC1. The first-order valence-electron chi connectivity index (χ1n) is 9.84. The summed E-state index contributed by atoms with van der Waals surface area (Å²) >= 11 is 0.